The van der Waals surface area contributed by atoms with Gasteiger partial charge in [-0.1, -0.05) is 20.8 Å². The van der Waals surface area contributed by atoms with Gasteiger partial charge in [0.15, 0.2) is 0 Å². The molecular formula is C15H20N2O2S. The number of nitrogens with zero attached hydrogens (tertiary/aromatic N) is 1. The van der Waals surface area contributed by atoms with E-state index >= 15 is 0 Å². The summed E-state index contributed by atoms with van der Waals surface area (Å²) in [4.78, 5) is 11.8. The lowest BCUT2D eigenvalue weighted by Crippen LogP contribution is -2.23. The van der Waals surface area contributed by atoms with Gasteiger partial charge < -0.3 is 5.32 Å². The highest BCUT2D eigenvalue weighted by Crippen LogP contribution is 2.11. The second-order valence-electron chi connectivity index (χ2n) is 5.02. The van der Waals surface area contributed by atoms with E-state index in [1.54, 1.807) is 24.3 Å². The number of anilines is 1. The van der Waals surface area contributed by atoms with Crippen LogP contribution in [0.3, 0.4) is 0 Å². The number of amides is 1. The van der Waals surface area contributed by atoms with Crippen molar-refractivity contribution < 1.29 is 9.00 Å². The van der Waals surface area contributed by atoms with E-state index in [-0.39, 0.29) is 17.6 Å². The Labute approximate surface area is 122 Å². The number of nitrogens with one attached hydrogen (secondary N) is 1. The Hall–Kier alpha value is -1.67. The molecule has 5 heteroatoms. The predicted octanol–water partition coefficient (Wildman–Crippen LogP) is 2.68. The number of hydrogen-bond acceptors (Lipinski definition) is 3. The second-order valence-corrected chi connectivity index (χ2v) is 6.93. The first kappa shape index (κ1) is 16.4. The molecule has 4 nitrogen and oxygen atoms in total. The van der Waals surface area contributed by atoms with Crippen LogP contribution in [-0.2, 0) is 15.6 Å². The molecule has 108 valence electrons. The fraction of sp³-hybridized carbons (Fsp3) is 0.467. The molecule has 0 radical (unpaired) electrons. The van der Waals surface area contributed by atoms with Gasteiger partial charge in [-0.3, -0.25) is 9.00 Å². The third kappa shape index (κ3) is 5.14. The van der Waals surface area contributed by atoms with Crippen LogP contribution in [0.5, 0.6) is 0 Å². The van der Waals surface area contributed by atoms with Crippen LogP contribution < -0.4 is 5.32 Å². The highest BCUT2D eigenvalue weighted by molar-refractivity contribution is 7.85. The molecule has 1 aromatic carbocycles. The Morgan fingerprint density at radius 2 is 1.90 bits per heavy atom. The summed E-state index contributed by atoms with van der Waals surface area (Å²) in [6.45, 7) is 6.00. The van der Waals surface area contributed by atoms with Gasteiger partial charge in [-0.15, -0.1) is 0 Å². The van der Waals surface area contributed by atoms with Gasteiger partial charge in [0.25, 0.3) is 0 Å². The normalized spacial score (nSPS) is 13.6. The van der Waals surface area contributed by atoms with E-state index < -0.39 is 10.8 Å². The monoisotopic (exact) mass is 292 g/mol. The zero-order valence-electron chi connectivity index (χ0n) is 12.1. The lowest BCUT2D eigenvalue weighted by atomic mass is 10.2. The second kappa shape index (κ2) is 7.81. The molecule has 1 amide bonds. The third-order valence-electron chi connectivity index (χ3n) is 3.18. The van der Waals surface area contributed by atoms with Gasteiger partial charge >= 0.3 is 0 Å². The van der Waals surface area contributed by atoms with Crippen molar-refractivity contribution in [2.45, 2.75) is 32.4 Å². The molecule has 0 spiro atoms. The Morgan fingerprint density at radius 3 is 2.40 bits per heavy atom. The third-order valence-corrected chi connectivity index (χ3v) is 5.16. The summed E-state index contributed by atoms with van der Waals surface area (Å²) in [5.74, 6) is 0.568. The lowest BCUT2D eigenvalue weighted by molar-refractivity contribution is -0.115. The molecule has 0 aromatic heterocycles. The van der Waals surface area contributed by atoms with Crippen molar-refractivity contribution in [1.82, 2.24) is 0 Å². The van der Waals surface area contributed by atoms with Crippen LogP contribution in [-0.4, -0.2) is 21.1 Å². The van der Waals surface area contributed by atoms with Gasteiger partial charge in [0.1, 0.15) is 0 Å². The topological polar surface area (TPSA) is 70.0 Å². The van der Waals surface area contributed by atoms with Crippen molar-refractivity contribution in [1.29, 1.82) is 5.26 Å². The fourth-order valence-electron chi connectivity index (χ4n) is 1.53. The summed E-state index contributed by atoms with van der Waals surface area (Å²) in [7, 11) is -0.982. The molecule has 0 aliphatic carbocycles. The van der Waals surface area contributed by atoms with E-state index in [9.17, 15) is 9.00 Å². The highest BCUT2D eigenvalue weighted by Gasteiger charge is 2.16. The first-order chi connectivity index (χ1) is 9.43. The molecule has 1 N–H and O–H groups in total. The average molecular weight is 292 g/mol. The quantitative estimate of drug-likeness (QED) is 0.876. The van der Waals surface area contributed by atoms with Crippen molar-refractivity contribution in [2.75, 3.05) is 11.1 Å². The summed E-state index contributed by atoms with van der Waals surface area (Å²) in [5, 5.41) is 11.5. The van der Waals surface area contributed by atoms with Crippen molar-refractivity contribution in [3.63, 3.8) is 0 Å². The number of nitriles is 1. The number of rotatable bonds is 6. The van der Waals surface area contributed by atoms with E-state index in [0.29, 0.717) is 22.9 Å². The van der Waals surface area contributed by atoms with E-state index in [0.717, 1.165) is 0 Å². The van der Waals surface area contributed by atoms with Crippen molar-refractivity contribution in [2.24, 2.45) is 5.92 Å². The minimum Gasteiger partial charge on any atom is -0.326 e. The summed E-state index contributed by atoms with van der Waals surface area (Å²) in [6.07, 6.45) is 0.240. The zero-order valence-corrected chi connectivity index (χ0v) is 12.9. The molecule has 1 rings (SSSR count). The average Bonchev–Trinajstić information content (AvgIpc) is 2.44. The Bertz CT molecular complexity index is 518. The maximum Gasteiger partial charge on any atom is 0.225 e. The predicted molar refractivity (Wildman–Crippen MR) is 81.7 cm³/mol. The minimum absolute atomic E-state index is 0.0951. The van der Waals surface area contributed by atoms with Crippen molar-refractivity contribution in [3.05, 3.63) is 29.8 Å². The zero-order chi connectivity index (χ0) is 15.1. The Balaban J connectivity index is 2.44. The summed E-state index contributed by atoms with van der Waals surface area (Å²) >= 11 is 0. The standard InChI is InChI=1S/C15H20N2O2S/c1-11(2)12(3)20(19)9-8-15(18)17-14-6-4-13(10-16)5-7-14/h4-7,11-12H,8-9H2,1-3H3,(H,17,18). The Morgan fingerprint density at radius 1 is 1.30 bits per heavy atom. The molecule has 1 aromatic rings. The van der Waals surface area contributed by atoms with E-state index in [4.69, 9.17) is 5.26 Å². The molecule has 0 saturated heterocycles. The molecular weight excluding hydrogens is 272 g/mol. The molecule has 0 saturated carbocycles. The van der Waals surface area contributed by atoms with E-state index in [1.165, 1.54) is 0 Å². The van der Waals surface area contributed by atoms with Crippen molar-refractivity contribution >= 4 is 22.4 Å². The maximum atomic E-state index is 11.9. The van der Waals surface area contributed by atoms with E-state index in [1.807, 2.05) is 26.8 Å². The maximum absolute atomic E-state index is 11.9. The molecule has 2 atom stereocenters. The van der Waals surface area contributed by atoms with Crippen LogP contribution in [0.1, 0.15) is 32.8 Å². The van der Waals surface area contributed by atoms with Crippen LogP contribution in [0.2, 0.25) is 0 Å². The number of carbonyl (C=O) groups excluding carboxylic acids is 1. The van der Waals surface area contributed by atoms with Gasteiger partial charge in [0.05, 0.1) is 11.6 Å². The first-order valence-electron chi connectivity index (χ1n) is 6.61. The Kier molecular flexibility index (Phi) is 6.40. The van der Waals surface area contributed by atoms with Crippen LogP contribution in [0.25, 0.3) is 0 Å². The van der Waals surface area contributed by atoms with Crippen LogP contribution in [0.15, 0.2) is 24.3 Å². The van der Waals surface area contributed by atoms with Gasteiger partial charge in [-0.25, -0.2) is 0 Å². The number of benzene rings is 1. The van der Waals surface area contributed by atoms with Gasteiger partial charge in [0.2, 0.25) is 5.91 Å². The summed E-state index contributed by atoms with van der Waals surface area (Å²) < 4.78 is 11.9. The molecule has 0 heterocycles. The summed E-state index contributed by atoms with van der Waals surface area (Å²) in [6, 6.07) is 8.68. The molecule has 0 fully saturated rings. The van der Waals surface area contributed by atoms with Crippen LogP contribution in [0, 0.1) is 17.2 Å². The molecule has 20 heavy (non-hydrogen) atoms. The first-order valence-corrected chi connectivity index (χ1v) is 7.99. The van der Waals surface area contributed by atoms with E-state index in [2.05, 4.69) is 5.32 Å². The van der Waals surface area contributed by atoms with Gasteiger partial charge in [-0.2, -0.15) is 5.26 Å². The molecule has 0 aliphatic heterocycles. The van der Waals surface area contributed by atoms with Crippen LogP contribution >= 0.6 is 0 Å². The van der Waals surface area contributed by atoms with Gasteiger partial charge in [-0.05, 0) is 30.2 Å². The number of hydrogen-bond donors (Lipinski definition) is 1. The molecule has 0 bridgehead atoms. The smallest absolute Gasteiger partial charge is 0.225 e. The lowest BCUT2D eigenvalue weighted by Gasteiger charge is -2.14. The van der Waals surface area contributed by atoms with Gasteiger partial charge in [0, 0.05) is 33.9 Å². The SMILES string of the molecule is CC(C)C(C)S(=O)CCC(=O)Nc1ccc(C#N)cc1. The van der Waals surface area contributed by atoms with Crippen LogP contribution in [0.4, 0.5) is 5.69 Å². The van der Waals surface area contributed by atoms with Crippen molar-refractivity contribution in [3.8, 4) is 6.07 Å². The number of carbonyl (C=O) groups is 1. The molecule has 0 aliphatic rings. The minimum atomic E-state index is -0.982. The fourth-order valence-corrected chi connectivity index (χ4v) is 2.90. The highest BCUT2D eigenvalue weighted by atomic mass is 32.2. The summed E-state index contributed by atoms with van der Waals surface area (Å²) in [5.41, 5.74) is 1.20. The largest absolute Gasteiger partial charge is 0.326 e. The molecule has 2 unspecified atom stereocenters.